The molecule has 0 radical (unpaired) electrons. The molecule has 0 heterocycles. The van der Waals surface area contributed by atoms with Crippen LogP contribution in [0.5, 0.6) is 11.5 Å². The molecule has 0 aliphatic rings. The topological polar surface area (TPSA) is 72.8 Å². The second-order valence-electron chi connectivity index (χ2n) is 2.81. The fraction of sp³-hybridized carbons (Fsp3) is 0.167. The second-order valence-corrected chi connectivity index (χ2v) is 2.81. The first kappa shape index (κ1) is 14.7. The lowest BCUT2D eigenvalue weighted by molar-refractivity contribution is -0.132. The van der Waals surface area contributed by atoms with E-state index in [-0.39, 0.29) is 12.4 Å². The molecule has 0 aliphatic carbocycles. The Morgan fingerprint density at radius 2 is 2.06 bits per heavy atom. The van der Waals surface area contributed by atoms with Gasteiger partial charge in [0.25, 0.3) is 6.47 Å². The summed E-state index contributed by atoms with van der Waals surface area (Å²) in [4.78, 5) is 19.1. The smallest absolute Gasteiger partial charge is 0.308 e. The predicted octanol–water partition coefficient (Wildman–Crippen LogP) is 1.96. The van der Waals surface area contributed by atoms with Crippen molar-refractivity contribution < 1.29 is 24.2 Å². The van der Waals surface area contributed by atoms with E-state index in [9.17, 15) is 4.79 Å². The number of benzene rings is 1. The number of carbonyl (C=O) groups excluding carboxylic acids is 1. The number of carboxylic acid groups (broad SMARTS) is 1. The van der Waals surface area contributed by atoms with Crippen LogP contribution in [-0.4, -0.2) is 24.7 Å². The Hall–Kier alpha value is -2.30. The van der Waals surface area contributed by atoms with Gasteiger partial charge in [0.05, 0.1) is 7.11 Å². The fourth-order valence-corrected chi connectivity index (χ4v) is 1.06. The summed E-state index contributed by atoms with van der Waals surface area (Å²) in [5.41, 5.74) is 0.736. The minimum atomic E-state index is -0.349. The quantitative estimate of drug-likeness (QED) is 0.495. The maximum Gasteiger partial charge on any atom is 0.308 e. The van der Waals surface area contributed by atoms with Crippen molar-refractivity contribution in [3.05, 3.63) is 30.3 Å². The molecule has 1 N–H and O–H groups in total. The Bertz CT molecular complexity index is 398. The fourth-order valence-electron chi connectivity index (χ4n) is 1.06. The van der Waals surface area contributed by atoms with Gasteiger partial charge < -0.3 is 14.6 Å². The highest BCUT2D eigenvalue weighted by molar-refractivity contribution is 5.72. The molecule has 5 nitrogen and oxygen atoms in total. The summed E-state index contributed by atoms with van der Waals surface area (Å²) in [5, 5.41) is 6.89. The van der Waals surface area contributed by atoms with E-state index in [0.29, 0.717) is 11.5 Å². The molecular weight excluding hydrogens is 224 g/mol. The maximum absolute atomic E-state index is 10.7. The number of hydrogen-bond acceptors (Lipinski definition) is 4. The third kappa shape index (κ3) is 5.36. The lowest BCUT2D eigenvalue weighted by atomic mass is 10.2. The Morgan fingerprint density at radius 1 is 1.47 bits per heavy atom. The number of rotatable bonds is 3. The van der Waals surface area contributed by atoms with Gasteiger partial charge in [-0.3, -0.25) is 9.59 Å². The number of ether oxygens (including phenoxy) is 2. The summed E-state index contributed by atoms with van der Waals surface area (Å²) >= 11 is 0. The molecule has 1 aromatic rings. The molecular formula is C12H14O5. The van der Waals surface area contributed by atoms with Crippen molar-refractivity contribution in [3.63, 3.8) is 0 Å². The highest BCUT2D eigenvalue weighted by atomic mass is 16.5. The van der Waals surface area contributed by atoms with Crippen molar-refractivity contribution >= 4 is 18.5 Å². The molecule has 17 heavy (non-hydrogen) atoms. The van der Waals surface area contributed by atoms with Gasteiger partial charge in [0.2, 0.25) is 0 Å². The minimum Gasteiger partial charge on any atom is -0.497 e. The summed E-state index contributed by atoms with van der Waals surface area (Å²) in [6.07, 6.45) is 1.61. The molecule has 0 saturated heterocycles. The zero-order valence-electron chi connectivity index (χ0n) is 9.67. The van der Waals surface area contributed by atoms with Gasteiger partial charge in [0, 0.05) is 12.5 Å². The molecule has 0 aliphatic heterocycles. The van der Waals surface area contributed by atoms with Gasteiger partial charge >= 0.3 is 5.97 Å². The molecule has 0 aromatic heterocycles. The Morgan fingerprint density at radius 3 is 2.47 bits per heavy atom. The van der Waals surface area contributed by atoms with Crippen molar-refractivity contribution in [1.82, 2.24) is 0 Å². The van der Waals surface area contributed by atoms with Crippen molar-refractivity contribution in [3.8, 4) is 11.5 Å². The molecule has 0 saturated carbocycles. The van der Waals surface area contributed by atoms with Crippen LogP contribution >= 0.6 is 0 Å². The van der Waals surface area contributed by atoms with E-state index >= 15 is 0 Å². The monoisotopic (exact) mass is 238 g/mol. The van der Waals surface area contributed by atoms with Crippen molar-refractivity contribution in [1.29, 1.82) is 0 Å². The first-order valence-corrected chi connectivity index (χ1v) is 4.65. The number of esters is 1. The van der Waals surface area contributed by atoms with Crippen LogP contribution in [0.15, 0.2) is 24.8 Å². The third-order valence-electron chi connectivity index (χ3n) is 1.69. The van der Waals surface area contributed by atoms with E-state index in [1.165, 1.54) is 6.92 Å². The zero-order chi connectivity index (χ0) is 13.3. The normalized spacial score (nSPS) is 8.35. The van der Waals surface area contributed by atoms with Crippen LogP contribution in [-0.2, 0) is 9.59 Å². The molecule has 0 fully saturated rings. The Kier molecular flexibility index (Phi) is 6.85. The van der Waals surface area contributed by atoms with E-state index in [2.05, 4.69) is 6.58 Å². The highest BCUT2D eigenvalue weighted by Gasteiger charge is 2.04. The van der Waals surface area contributed by atoms with E-state index in [4.69, 9.17) is 19.4 Å². The van der Waals surface area contributed by atoms with Crippen LogP contribution in [0.4, 0.5) is 0 Å². The lowest BCUT2D eigenvalue weighted by Gasteiger charge is -2.07. The molecule has 1 rings (SSSR count). The summed E-state index contributed by atoms with van der Waals surface area (Å²) < 4.78 is 10.00. The van der Waals surface area contributed by atoms with E-state index in [0.717, 1.165) is 5.56 Å². The molecule has 92 valence electrons. The summed E-state index contributed by atoms with van der Waals surface area (Å²) in [6, 6.07) is 5.16. The van der Waals surface area contributed by atoms with Crippen molar-refractivity contribution in [2.45, 2.75) is 6.92 Å². The first-order chi connectivity index (χ1) is 8.08. The lowest BCUT2D eigenvalue weighted by Crippen LogP contribution is -2.02. The number of hydrogen-bond donors (Lipinski definition) is 1. The van der Waals surface area contributed by atoms with Gasteiger partial charge in [-0.1, -0.05) is 12.7 Å². The third-order valence-corrected chi connectivity index (χ3v) is 1.69. The van der Waals surface area contributed by atoms with Gasteiger partial charge in [-0.25, -0.2) is 0 Å². The largest absolute Gasteiger partial charge is 0.497 e. The average Bonchev–Trinajstić information content (AvgIpc) is 2.30. The van der Waals surface area contributed by atoms with Gasteiger partial charge in [-0.2, -0.15) is 0 Å². The van der Waals surface area contributed by atoms with E-state index in [1.54, 1.807) is 31.4 Å². The summed E-state index contributed by atoms with van der Waals surface area (Å²) in [7, 11) is 1.58. The van der Waals surface area contributed by atoms with Crippen LogP contribution in [0, 0.1) is 0 Å². The summed E-state index contributed by atoms with van der Waals surface area (Å²) in [6.45, 7) is 4.74. The molecule has 0 bridgehead atoms. The van der Waals surface area contributed by atoms with Gasteiger partial charge in [-0.15, -0.1) is 0 Å². The predicted molar refractivity (Wildman–Crippen MR) is 63.1 cm³/mol. The van der Waals surface area contributed by atoms with E-state index < -0.39 is 0 Å². The molecule has 0 spiro atoms. The van der Waals surface area contributed by atoms with Crippen LogP contribution in [0.1, 0.15) is 12.5 Å². The minimum absolute atomic E-state index is 0.250. The Labute approximate surface area is 99.3 Å². The number of carbonyl (C=O) groups is 2. The van der Waals surface area contributed by atoms with Crippen molar-refractivity contribution in [2.75, 3.05) is 7.11 Å². The van der Waals surface area contributed by atoms with Gasteiger partial charge in [0.1, 0.15) is 11.5 Å². The SMILES string of the molecule is C=Cc1cc(OC)ccc1OC(C)=O.O=CO. The molecule has 0 atom stereocenters. The molecule has 1 aromatic carbocycles. The maximum atomic E-state index is 10.7. The van der Waals surface area contributed by atoms with Crippen LogP contribution in [0.25, 0.3) is 6.08 Å². The highest BCUT2D eigenvalue weighted by Crippen LogP contribution is 2.24. The Balaban J connectivity index is 0.000000770. The summed E-state index contributed by atoms with van der Waals surface area (Å²) in [5.74, 6) is 0.849. The van der Waals surface area contributed by atoms with Crippen LogP contribution in [0.3, 0.4) is 0 Å². The van der Waals surface area contributed by atoms with Gasteiger partial charge in [0.15, 0.2) is 0 Å². The number of methoxy groups -OCH3 is 1. The zero-order valence-corrected chi connectivity index (χ0v) is 9.67. The standard InChI is InChI=1S/C11H12O3.CH2O2/c1-4-9-7-10(13-3)5-6-11(9)14-8(2)12;2-1-3/h4-7H,1H2,2-3H3;1H,(H,2,3). The molecule has 0 unspecified atom stereocenters. The second kappa shape index (κ2) is 7.92. The van der Waals surface area contributed by atoms with Crippen molar-refractivity contribution in [2.24, 2.45) is 0 Å². The van der Waals surface area contributed by atoms with E-state index in [1.807, 2.05) is 0 Å². The average molecular weight is 238 g/mol. The van der Waals surface area contributed by atoms with Gasteiger partial charge in [-0.05, 0) is 18.2 Å². The van der Waals surface area contributed by atoms with Crippen LogP contribution < -0.4 is 9.47 Å². The van der Waals surface area contributed by atoms with Crippen LogP contribution in [0.2, 0.25) is 0 Å². The molecule has 5 heteroatoms. The molecule has 0 amide bonds. The first-order valence-electron chi connectivity index (χ1n) is 4.65.